The lowest BCUT2D eigenvalue weighted by atomic mass is 10.0. The highest BCUT2D eigenvalue weighted by molar-refractivity contribution is 5.88. The molecule has 0 saturated heterocycles. The van der Waals surface area contributed by atoms with E-state index in [-0.39, 0.29) is 18.4 Å². The third-order valence-corrected chi connectivity index (χ3v) is 5.41. The van der Waals surface area contributed by atoms with Crippen LogP contribution >= 0.6 is 0 Å². The summed E-state index contributed by atoms with van der Waals surface area (Å²) in [6, 6.07) is 24.7. The molecule has 1 N–H and O–H groups in total. The number of rotatable bonds is 10. The average Bonchev–Trinajstić information content (AvgIpc) is 2.80. The van der Waals surface area contributed by atoms with Gasteiger partial charge in [0.05, 0.1) is 0 Å². The molecule has 5 heteroatoms. The van der Waals surface area contributed by atoms with Crippen molar-refractivity contribution in [3.05, 3.63) is 101 Å². The minimum atomic E-state index is -0.651. The number of hydrogen-bond donors (Lipinski definition) is 1. The van der Waals surface area contributed by atoms with Crippen LogP contribution in [0.15, 0.2) is 78.9 Å². The number of aryl methyl sites for hydroxylation is 2. The van der Waals surface area contributed by atoms with Crippen LogP contribution < -0.4 is 10.1 Å². The van der Waals surface area contributed by atoms with Crippen LogP contribution in [0.2, 0.25) is 0 Å². The molecule has 2 amide bonds. The predicted octanol–water partition coefficient (Wildman–Crippen LogP) is 4.46. The van der Waals surface area contributed by atoms with Crippen molar-refractivity contribution in [1.82, 2.24) is 10.2 Å². The zero-order valence-electron chi connectivity index (χ0n) is 19.6. The lowest BCUT2D eigenvalue weighted by Crippen LogP contribution is -2.51. The van der Waals surface area contributed by atoms with Gasteiger partial charge in [-0.3, -0.25) is 9.59 Å². The van der Waals surface area contributed by atoms with Crippen molar-refractivity contribution in [2.45, 2.75) is 39.8 Å². The monoisotopic (exact) mass is 444 g/mol. The summed E-state index contributed by atoms with van der Waals surface area (Å²) in [6.45, 7) is 6.55. The number of nitrogens with one attached hydrogen (secondary N) is 1. The Hall–Kier alpha value is -3.60. The van der Waals surface area contributed by atoms with Crippen molar-refractivity contribution < 1.29 is 14.3 Å². The summed E-state index contributed by atoms with van der Waals surface area (Å²) in [5, 5.41) is 2.91. The first kappa shape index (κ1) is 24.1. The second-order valence-electron chi connectivity index (χ2n) is 8.22. The van der Waals surface area contributed by atoms with Crippen LogP contribution in [-0.2, 0) is 22.6 Å². The summed E-state index contributed by atoms with van der Waals surface area (Å²) in [5.41, 5.74) is 4.13. The molecule has 0 aliphatic heterocycles. The largest absolute Gasteiger partial charge is 0.484 e. The molecule has 0 bridgehead atoms. The molecular weight excluding hydrogens is 412 g/mol. The summed E-state index contributed by atoms with van der Waals surface area (Å²) in [4.78, 5) is 28.2. The van der Waals surface area contributed by atoms with E-state index in [9.17, 15) is 9.59 Å². The van der Waals surface area contributed by atoms with E-state index in [2.05, 4.69) is 5.32 Å². The molecule has 3 aromatic rings. The van der Waals surface area contributed by atoms with E-state index < -0.39 is 6.04 Å². The smallest absolute Gasteiger partial charge is 0.261 e. The second-order valence-corrected chi connectivity index (χ2v) is 8.22. The van der Waals surface area contributed by atoms with Gasteiger partial charge >= 0.3 is 0 Å². The van der Waals surface area contributed by atoms with Crippen LogP contribution in [0.4, 0.5) is 0 Å². The molecule has 3 rings (SSSR count). The Labute approximate surface area is 196 Å². The van der Waals surface area contributed by atoms with E-state index in [1.165, 1.54) is 0 Å². The number of amides is 2. The first-order chi connectivity index (χ1) is 16.0. The molecule has 0 spiro atoms. The Morgan fingerprint density at radius 2 is 1.55 bits per heavy atom. The van der Waals surface area contributed by atoms with Crippen molar-refractivity contribution in [2.75, 3.05) is 13.2 Å². The molecule has 0 heterocycles. The molecule has 0 aliphatic carbocycles. The molecular formula is C28H32N2O3. The van der Waals surface area contributed by atoms with E-state index in [4.69, 9.17) is 4.74 Å². The molecule has 1 atom stereocenters. The van der Waals surface area contributed by atoms with Crippen molar-refractivity contribution in [3.8, 4) is 5.75 Å². The SMILES string of the molecule is CCNC(=O)[C@H](Cc1ccccc1)N(Cc1cccc(C)c1)C(=O)COc1cccc(C)c1. The third-order valence-electron chi connectivity index (χ3n) is 5.41. The van der Waals surface area contributed by atoms with Crippen LogP contribution in [0.25, 0.3) is 0 Å². The quantitative estimate of drug-likeness (QED) is 0.502. The molecule has 0 saturated carbocycles. The number of carbonyl (C=O) groups excluding carboxylic acids is 2. The third kappa shape index (κ3) is 7.21. The minimum Gasteiger partial charge on any atom is -0.484 e. The fourth-order valence-corrected chi connectivity index (χ4v) is 3.79. The maximum atomic E-state index is 13.5. The van der Waals surface area contributed by atoms with Crippen LogP contribution in [0.5, 0.6) is 5.75 Å². The summed E-state index contributed by atoms with van der Waals surface area (Å²) in [6.07, 6.45) is 0.425. The van der Waals surface area contributed by atoms with Crippen LogP contribution in [0, 0.1) is 13.8 Å². The van der Waals surface area contributed by atoms with Gasteiger partial charge in [0.25, 0.3) is 5.91 Å². The zero-order chi connectivity index (χ0) is 23.6. The highest BCUT2D eigenvalue weighted by atomic mass is 16.5. The van der Waals surface area contributed by atoms with Crippen molar-refractivity contribution in [3.63, 3.8) is 0 Å². The van der Waals surface area contributed by atoms with Gasteiger partial charge in [-0.05, 0) is 49.6 Å². The number of carbonyl (C=O) groups is 2. The standard InChI is InChI=1S/C28H32N2O3/c1-4-29-28(32)26(18-23-12-6-5-7-13-23)30(19-24-14-8-10-21(2)16-24)27(31)20-33-25-15-9-11-22(3)17-25/h5-17,26H,4,18-20H2,1-3H3,(H,29,32)/t26-/m0/s1. The van der Waals surface area contributed by atoms with Gasteiger partial charge in [0.2, 0.25) is 5.91 Å². The molecule has 0 radical (unpaired) electrons. The zero-order valence-corrected chi connectivity index (χ0v) is 19.6. The average molecular weight is 445 g/mol. The second kappa shape index (κ2) is 11.9. The fraction of sp³-hybridized carbons (Fsp3) is 0.286. The lowest BCUT2D eigenvalue weighted by Gasteiger charge is -2.31. The lowest BCUT2D eigenvalue weighted by molar-refractivity contribution is -0.142. The minimum absolute atomic E-state index is 0.139. The molecule has 0 unspecified atom stereocenters. The van der Waals surface area contributed by atoms with Crippen molar-refractivity contribution >= 4 is 11.8 Å². The van der Waals surface area contributed by atoms with Gasteiger partial charge in [0, 0.05) is 19.5 Å². The molecule has 5 nitrogen and oxygen atoms in total. The summed E-state index contributed by atoms with van der Waals surface area (Å²) in [5.74, 6) is 0.236. The number of likely N-dealkylation sites (N-methyl/N-ethyl adjacent to an activating group) is 1. The Morgan fingerprint density at radius 1 is 0.879 bits per heavy atom. The number of benzene rings is 3. The Bertz CT molecular complexity index is 1070. The van der Waals surface area contributed by atoms with E-state index in [1.54, 1.807) is 4.90 Å². The Morgan fingerprint density at radius 3 is 2.21 bits per heavy atom. The van der Waals surface area contributed by atoms with Crippen LogP contribution in [-0.4, -0.2) is 35.9 Å². The first-order valence-electron chi connectivity index (χ1n) is 11.3. The first-order valence-corrected chi connectivity index (χ1v) is 11.3. The van der Waals surface area contributed by atoms with Crippen molar-refractivity contribution in [1.29, 1.82) is 0 Å². The Balaban J connectivity index is 1.89. The maximum absolute atomic E-state index is 13.5. The summed E-state index contributed by atoms with van der Waals surface area (Å²) >= 11 is 0. The molecule has 3 aromatic carbocycles. The number of ether oxygens (including phenoxy) is 1. The van der Waals surface area contributed by atoms with E-state index in [1.807, 2.05) is 99.6 Å². The van der Waals surface area contributed by atoms with Gasteiger partial charge in [-0.25, -0.2) is 0 Å². The fourth-order valence-electron chi connectivity index (χ4n) is 3.79. The summed E-state index contributed by atoms with van der Waals surface area (Å²) in [7, 11) is 0. The molecule has 0 aliphatic rings. The maximum Gasteiger partial charge on any atom is 0.261 e. The van der Waals surface area contributed by atoms with Gasteiger partial charge in [-0.1, -0.05) is 72.3 Å². The Kier molecular flexibility index (Phi) is 8.64. The van der Waals surface area contributed by atoms with Gasteiger partial charge in [0.1, 0.15) is 11.8 Å². The molecule has 0 aromatic heterocycles. The van der Waals surface area contributed by atoms with Gasteiger partial charge < -0.3 is 15.0 Å². The summed E-state index contributed by atoms with van der Waals surface area (Å²) < 4.78 is 5.81. The van der Waals surface area contributed by atoms with Crippen LogP contribution in [0.3, 0.4) is 0 Å². The predicted molar refractivity (Wildman–Crippen MR) is 131 cm³/mol. The van der Waals surface area contributed by atoms with Gasteiger partial charge in [-0.2, -0.15) is 0 Å². The normalized spacial score (nSPS) is 11.5. The highest BCUT2D eigenvalue weighted by Crippen LogP contribution is 2.17. The van der Waals surface area contributed by atoms with Gasteiger partial charge in [-0.15, -0.1) is 0 Å². The topological polar surface area (TPSA) is 58.6 Å². The van der Waals surface area contributed by atoms with E-state index in [0.29, 0.717) is 25.3 Å². The van der Waals surface area contributed by atoms with Crippen molar-refractivity contribution in [2.24, 2.45) is 0 Å². The highest BCUT2D eigenvalue weighted by Gasteiger charge is 2.30. The molecule has 0 fully saturated rings. The van der Waals surface area contributed by atoms with E-state index in [0.717, 1.165) is 22.3 Å². The number of nitrogens with zero attached hydrogens (tertiary/aromatic N) is 1. The number of hydrogen-bond acceptors (Lipinski definition) is 3. The van der Waals surface area contributed by atoms with Gasteiger partial charge in [0.15, 0.2) is 6.61 Å². The molecule has 33 heavy (non-hydrogen) atoms. The van der Waals surface area contributed by atoms with E-state index >= 15 is 0 Å². The van der Waals surface area contributed by atoms with Crippen LogP contribution in [0.1, 0.15) is 29.2 Å². The molecule has 172 valence electrons.